The molecule has 0 atom stereocenters. The summed E-state index contributed by atoms with van der Waals surface area (Å²) in [5.41, 5.74) is 2.94. The Balaban J connectivity index is 1.79. The number of hydrazone groups is 1. The van der Waals surface area contributed by atoms with Gasteiger partial charge in [0.1, 0.15) is 0 Å². The zero-order chi connectivity index (χ0) is 22.0. The second-order valence-electron chi connectivity index (χ2n) is 6.58. The molecule has 0 unspecified atom stereocenters. The van der Waals surface area contributed by atoms with Crippen molar-refractivity contribution in [1.29, 1.82) is 0 Å². The van der Waals surface area contributed by atoms with Gasteiger partial charge in [0.25, 0.3) is 11.5 Å². The molecule has 6 nitrogen and oxygen atoms in total. The smallest absolute Gasteiger partial charge is 0.271 e. The van der Waals surface area contributed by atoms with Gasteiger partial charge in [0.15, 0.2) is 0 Å². The lowest BCUT2D eigenvalue weighted by atomic mass is 10.1. The molecule has 4 rings (SSSR count). The van der Waals surface area contributed by atoms with Crippen molar-refractivity contribution in [3.8, 4) is 11.6 Å². The number of benzene rings is 3. The fraction of sp³-hybridized carbons (Fsp3) is 0. The minimum Gasteiger partial charge on any atom is -0.494 e. The first-order valence-corrected chi connectivity index (χ1v) is 9.93. The number of fused-ring (bicyclic) bond motifs is 1. The normalized spacial score (nSPS) is 11.2. The first kappa shape index (κ1) is 20.7. The Morgan fingerprint density at radius 2 is 1.58 bits per heavy atom. The highest BCUT2D eigenvalue weighted by atomic mass is 35.5. The van der Waals surface area contributed by atoms with E-state index in [0.717, 1.165) is 4.57 Å². The second-order valence-corrected chi connectivity index (χ2v) is 7.42. The molecule has 0 bridgehead atoms. The van der Waals surface area contributed by atoms with E-state index in [9.17, 15) is 14.7 Å². The topological polar surface area (TPSA) is 83.7 Å². The van der Waals surface area contributed by atoms with Crippen LogP contribution < -0.4 is 11.0 Å². The largest absolute Gasteiger partial charge is 0.494 e. The van der Waals surface area contributed by atoms with Crippen LogP contribution in [0.3, 0.4) is 0 Å². The van der Waals surface area contributed by atoms with Crippen LogP contribution in [0.15, 0.2) is 82.7 Å². The second kappa shape index (κ2) is 8.63. The van der Waals surface area contributed by atoms with E-state index in [2.05, 4.69) is 10.5 Å². The van der Waals surface area contributed by atoms with E-state index in [-0.39, 0.29) is 11.4 Å². The number of aromatic hydroxyl groups is 1. The number of halogens is 2. The zero-order valence-electron chi connectivity index (χ0n) is 15.9. The van der Waals surface area contributed by atoms with Crippen LogP contribution in [0.2, 0.25) is 10.0 Å². The molecule has 1 aromatic heterocycles. The van der Waals surface area contributed by atoms with Gasteiger partial charge in [-0.15, -0.1) is 0 Å². The summed E-state index contributed by atoms with van der Waals surface area (Å²) in [6.45, 7) is 0. The predicted molar refractivity (Wildman–Crippen MR) is 123 cm³/mol. The lowest BCUT2D eigenvalue weighted by molar-refractivity contribution is 0.0955. The predicted octanol–water partition coefficient (Wildman–Crippen LogP) is 4.77. The van der Waals surface area contributed by atoms with Crippen molar-refractivity contribution in [3.63, 3.8) is 0 Å². The molecule has 31 heavy (non-hydrogen) atoms. The van der Waals surface area contributed by atoms with E-state index in [1.807, 2.05) is 0 Å². The molecule has 8 heteroatoms. The third-order valence-electron chi connectivity index (χ3n) is 4.66. The molecule has 154 valence electrons. The number of carbonyl (C=O) groups excluding carboxylic acids is 1. The van der Waals surface area contributed by atoms with Crippen LogP contribution in [0.1, 0.15) is 15.9 Å². The summed E-state index contributed by atoms with van der Waals surface area (Å²) in [5, 5.41) is 16.6. The Morgan fingerprint density at radius 1 is 0.935 bits per heavy atom. The summed E-state index contributed by atoms with van der Waals surface area (Å²) in [6.07, 6.45) is 1.29. The highest BCUT2D eigenvalue weighted by molar-refractivity contribution is 6.32. The number of amides is 1. The van der Waals surface area contributed by atoms with Crippen molar-refractivity contribution >= 4 is 46.1 Å². The van der Waals surface area contributed by atoms with Crippen LogP contribution in [-0.2, 0) is 0 Å². The Hall–Kier alpha value is -3.61. The van der Waals surface area contributed by atoms with Gasteiger partial charge in [-0.1, -0.05) is 53.5 Å². The number of hydrogen-bond donors (Lipinski definition) is 2. The maximum Gasteiger partial charge on any atom is 0.271 e. The maximum absolute atomic E-state index is 13.1. The van der Waals surface area contributed by atoms with Crippen molar-refractivity contribution in [2.45, 2.75) is 0 Å². The van der Waals surface area contributed by atoms with E-state index in [0.29, 0.717) is 32.1 Å². The molecule has 0 fully saturated rings. The highest BCUT2D eigenvalue weighted by Gasteiger charge is 2.17. The van der Waals surface area contributed by atoms with Gasteiger partial charge in [-0.2, -0.15) is 5.10 Å². The van der Waals surface area contributed by atoms with Gasteiger partial charge in [-0.05, 0) is 42.5 Å². The van der Waals surface area contributed by atoms with Crippen LogP contribution in [-0.4, -0.2) is 21.8 Å². The highest BCUT2D eigenvalue weighted by Crippen LogP contribution is 2.28. The van der Waals surface area contributed by atoms with Crippen molar-refractivity contribution < 1.29 is 9.90 Å². The maximum atomic E-state index is 13.1. The van der Waals surface area contributed by atoms with E-state index in [4.69, 9.17) is 23.2 Å². The van der Waals surface area contributed by atoms with Crippen molar-refractivity contribution in [2.75, 3.05) is 0 Å². The van der Waals surface area contributed by atoms with Crippen molar-refractivity contribution in [1.82, 2.24) is 9.99 Å². The lowest BCUT2D eigenvalue weighted by Gasteiger charge is -2.14. The quantitative estimate of drug-likeness (QED) is 0.346. The summed E-state index contributed by atoms with van der Waals surface area (Å²) in [7, 11) is 0. The first-order valence-electron chi connectivity index (χ1n) is 9.18. The molecule has 1 heterocycles. The molecule has 0 aliphatic carbocycles. The van der Waals surface area contributed by atoms with Gasteiger partial charge in [-0.3, -0.25) is 9.59 Å². The number of nitrogens with zero attached hydrogens (tertiary/aromatic N) is 2. The Bertz CT molecular complexity index is 1380. The summed E-state index contributed by atoms with van der Waals surface area (Å²) in [5.74, 6) is -0.794. The van der Waals surface area contributed by atoms with Crippen LogP contribution in [0, 0.1) is 0 Å². The minimum atomic E-state index is -0.448. The van der Waals surface area contributed by atoms with Crippen molar-refractivity contribution in [2.24, 2.45) is 5.10 Å². The summed E-state index contributed by atoms with van der Waals surface area (Å²) >= 11 is 12.1. The number of carbonyl (C=O) groups is 1. The van der Waals surface area contributed by atoms with E-state index < -0.39 is 11.5 Å². The zero-order valence-corrected chi connectivity index (χ0v) is 17.4. The van der Waals surface area contributed by atoms with E-state index in [1.54, 1.807) is 72.8 Å². The average Bonchev–Trinajstić information content (AvgIpc) is 2.78. The third kappa shape index (κ3) is 4.03. The Kier molecular flexibility index (Phi) is 5.75. The molecular formula is C23H15Cl2N3O3. The van der Waals surface area contributed by atoms with Gasteiger partial charge in [0.05, 0.1) is 22.5 Å². The summed E-state index contributed by atoms with van der Waals surface area (Å²) < 4.78 is 1.12. The molecule has 2 N–H and O–H groups in total. The SMILES string of the molecule is O=C(N/N=C/c1c(O)n(-c2ccccc2Cl)c(=O)c2ccccc12)c1ccc(Cl)cc1. The molecule has 1 amide bonds. The summed E-state index contributed by atoms with van der Waals surface area (Å²) in [6, 6.07) is 19.8. The first-order chi connectivity index (χ1) is 15.0. The van der Waals surface area contributed by atoms with Gasteiger partial charge in [0.2, 0.25) is 5.88 Å². The molecule has 0 aliphatic rings. The van der Waals surface area contributed by atoms with Crippen LogP contribution >= 0.6 is 23.2 Å². The van der Waals surface area contributed by atoms with Crippen LogP contribution in [0.25, 0.3) is 16.5 Å². The number of nitrogens with one attached hydrogen (secondary N) is 1. The molecule has 0 aliphatic heterocycles. The average molecular weight is 452 g/mol. The molecule has 0 saturated carbocycles. The standard InChI is InChI=1S/C23H15Cl2N3O3/c24-15-11-9-14(10-12-15)21(29)27-26-13-18-16-5-1-2-6-17(16)22(30)28(23(18)31)20-8-4-3-7-19(20)25/h1-13,31H,(H,27,29)/b26-13+. The monoisotopic (exact) mass is 451 g/mol. The van der Waals surface area contributed by atoms with E-state index >= 15 is 0 Å². The number of para-hydroxylation sites is 1. The third-order valence-corrected chi connectivity index (χ3v) is 5.23. The molecule has 3 aromatic carbocycles. The Morgan fingerprint density at radius 3 is 2.29 bits per heavy atom. The Labute approximate surface area is 187 Å². The summed E-state index contributed by atoms with van der Waals surface area (Å²) in [4.78, 5) is 25.3. The van der Waals surface area contributed by atoms with Crippen LogP contribution in [0.4, 0.5) is 0 Å². The number of pyridine rings is 1. The van der Waals surface area contributed by atoms with E-state index in [1.165, 1.54) is 6.21 Å². The minimum absolute atomic E-state index is 0.256. The molecule has 0 spiro atoms. The van der Waals surface area contributed by atoms with Gasteiger partial charge < -0.3 is 5.11 Å². The number of hydrogen-bond acceptors (Lipinski definition) is 4. The van der Waals surface area contributed by atoms with Gasteiger partial charge in [0, 0.05) is 21.4 Å². The van der Waals surface area contributed by atoms with Gasteiger partial charge >= 0.3 is 0 Å². The van der Waals surface area contributed by atoms with Crippen LogP contribution in [0.5, 0.6) is 5.88 Å². The number of rotatable bonds is 4. The number of aromatic nitrogens is 1. The molecule has 4 aromatic rings. The fourth-order valence-corrected chi connectivity index (χ4v) is 3.51. The molecule has 0 radical (unpaired) electrons. The van der Waals surface area contributed by atoms with Gasteiger partial charge in [-0.25, -0.2) is 9.99 Å². The molecular weight excluding hydrogens is 437 g/mol. The fourth-order valence-electron chi connectivity index (χ4n) is 3.17. The molecule has 0 saturated heterocycles. The lowest BCUT2D eigenvalue weighted by Crippen LogP contribution is -2.21. The van der Waals surface area contributed by atoms with Crippen molar-refractivity contribution in [3.05, 3.63) is 104 Å².